The lowest BCUT2D eigenvalue weighted by atomic mass is 10.1. The minimum Gasteiger partial charge on any atom is -0.495 e. The van der Waals surface area contributed by atoms with Crippen LogP contribution < -0.4 is 15.4 Å². The number of aromatic nitrogens is 2. The topological polar surface area (TPSA) is 59.1 Å². The van der Waals surface area contributed by atoms with Crippen molar-refractivity contribution in [1.29, 1.82) is 0 Å². The highest BCUT2D eigenvalue weighted by atomic mass is 35.5. The number of ether oxygens (including phenoxy) is 1. The van der Waals surface area contributed by atoms with Gasteiger partial charge in [0.05, 0.1) is 18.5 Å². The molecule has 0 aliphatic carbocycles. The number of nitrogens with one attached hydrogen (secondary N) is 2. The van der Waals surface area contributed by atoms with Crippen molar-refractivity contribution in [3.63, 3.8) is 0 Å². The molecule has 0 amide bonds. The van der Waals surface area contributed by atoms with Gasteiger partial charge in [0.15, 0.2) is 0 Å². The number of hydrogen-bond donors (Lipinski definition) is 2. The number of benzene rings is 2. The SMILES string of the molecule is CCNc1nc(Nc2cc(Cl)ccc2OC)cc(-c2ccccc2)n1. The molecule has 25 heavy (non-hydrogen) atoms. The molecular formula is C19H19ClN4O. The van der Waals surface area contributed by atoms with E-state index in [4.69, 9.17) is 16.3 Å². The molecule has 0 aliphatic heterocycles. The maximum atomic E-state index is 6.11. The van der Waals surface area contributed by atoms with Crippen LogP contribution in [0.2, 0.25) is 5.02 Å². The van der Waals surface area contributed by atoms with Crippen LogP contribution in [0.15, 0.2) is 54.6 Å². The number of nitrogens with zero attached hydrogens (tertiary/aromatic N) is 2. The van der Waals surface area contributed by atoms with Gasteiger partial charge < -0.3 is 15.4 Å². The first-order chi connectivity index (χ1) is 12.2. The smallest absolute Gasteiger partial charge is 0.225 e. The van der Waals surface area contributed by atoms with Crippen LogP contribution in [0.1, 0.15) is 6.92 Å². The number of hydrogen-bond acceptors (Lipinski definition) is 5. The Labute approximate surface area is 152 Å². The molecule has 0 aliphatic rings. The van der Waals surface area contributed by atoms with E-state index in [9.17, 15) is 0 Å². The summed E-state index contributed by atoms with van der Waals surface area (Å²) in [5.41, 5.74) is 2.59. The fraction of sp³-hybridized carbons (Fsp3) is 0.158. The van der Waals surface area contributed by atoms with Crippen molar-refractivity contribution < 1.29 is 4.74 Å². The third kappa shape index (κ3) is 4.19. The summed E-state index contributed by atoms with van der Waals surface area (Å²) in [5.74, 6) is 1.91. The minimum absolute atomic E-state index is 0.562. The lowest BCUT2D eigenvalue weighted by molar-refractivity contribution is 0.417. The second-order valence-electron chi connectivity index (χ2n) is 5.33. The summed E-state index contributed by atoms with van der Waals surface area (Å²) in [7, 11) is 1.62. The fourth-order valence-electron chi connectivity index (χ4n) is 2.42. The molecule has 3 rings (SSSR count). The predicted octanol–water partition coefficient (Wildman–Crippen LogP) is 4.98. The molecule has 2 N–H and O–H groups in total. The first-order valence-electron chi connectivity index (χ1n) is 7.98. The summed E-state index contributed by atoms with van der Waals surface area (Å²) in [6, 6.07) is 17.3. The van der Waals surface area contributed by atoms with Gasteiger partial charge in [0.1, 0.15) is 11.6 Å². The van der Waals surface area contributed by atoms with Gasteiger partial charge in [0.25, 0.3) is 0 Å². The Hall–Kier alpha value is -2.79. The second-order valence-corrected chi connectivity index (χ2v) is 5.76. The zero-order valence-electron chi connectivity index (χ0n) is 14.1. The molecule has 5 nitrogen and oxygen atoms in total. The van der Waals surface area contributed by atoms with E-state index in [0.29, 0.717) is 22.5 Å². The van der Waals surface area contributed by atoms with Crippen LogP contribution in [-0.4, -0.2) is 23.6 Å². The van der Waals surface area contributed by atoms with Gasteiger partial charge in [-0.3, -0.25) is 0 Å². The van der Waals surface area contributed by atoms with Crippen LogP contribution in [0.5, 0.6) is 5.75 Å². The molecule has 128 valence electrons. The van der Waals surface area contributed by atoms with Gasteiger partial charge in [0, 0.05) is 23.2 Å². The quantitative estimate of drug-likeness (QED) is 0.653. The molecule has 0 radical (unpaired) electrons. The molecule has 0 saturated heterocycles. The van der Waals surface area contributed by atoms with Crippen LogP contribution in [0.3, 0.4) is 0 Å². The van der Waals surface area contributed by atoms with Crippen LogP contribution in [0.25, 0.3) is 11.3 Å². The van der Waals surface area contributed by atoms with Crippen molar-refractivity contribution in [2.24, 2.45) is 0 Å². The summed E-state index contributed by atoms with van der Waals surface area (Å²) < 4.78 is 5.38. The van der Waals surface area contributed by atoms with Gasteiger partial charge in [-0.25, -0.2) is 4.98 Å². The lowest BCUT2D eigenvalue weighted by Crippen LogP contribution is -2.05. The Morgan fingerprint density at radius 1 is 1.04 bits per heavy atom. The fourth-order valence-corrected chi connectivity index (χ4v) is 2.59. The summed E-state index contributed by atoms with van der Waals surface area (Å²) in [4.78, 5) is 9.09. The van der Waals surface area contributed by atoms with Crippen molar-refractivity contribution >= 4 is 29.1 Å². The maximum absolute atomic E-state index is 6.11. The highest BCUT2D eigenvalue weighted by Gasteiger charge is 2.09. The van der Waals surface area contributed by atoms with Crippen molar-refractivity contribution in [2.75, 3.05) is 24.3 Å². The molecule has 0 bridgehead atoms. The van der Waals surface area contributed by atoms with Crippen molar-refractivity contribution in [3.8, 4) is 17.0 Å². The maximum Gasteiger partial charge on any atom is 0.225 e. The van der Waals surface area contributed by atoms with E-state index in [1.807, 2.05) is 49.4 Å². The molecule has 6 heteroatoms. The summed E-state index contributed by atoms with van der Waals surface area (Å²) in [5, 5.41) is 7.06. The number of rotatable bonds is 6. The van der Waals surface area contributed by atoms with Gasteiger partial charge in [-0.15, -0.1) is 0 Å². The Balaban J connectivity index is 2.01. The normalized spacial score (nSPS) is 10.4. The van der Waals surface area contributed by atoms with Crippen molar-refractivity contribution in [3.05, 3.63) is 59.6 Å². The third-order valence-corrected chi connectivity index (χ3v) is 3.79. The third-order valence-electron chi connectivity index (χ3n) is 3.55. The molecule has 0 fully saturated rings. The van der Waals surface area contributed by atoms with E-state index in [1.54, 1.807) is 19.2 Å². The Kier molecular flexibility index (Phi) is 5.36. The van der Waals surface area contributed by atoms with Crippen LogP contribution in [0.4, 0.5) is 17.5 Å². The predicted molar refractivity (Wildman–Crippen MR) is 103 cm³/mol. The molecular weight excluding hydrogens is 336 g/mol. The molecule has 2 aromatic carbocycles. The Bertz CT molecular complexity index is 855. The first kappa shape index (κ1) is 17.0. The van der Waals surface area contributed by atoms with Gasteiger partial charge in [-0.1, -0.05) is 41.9 Å². The summed E-state index contributed by atoms with van der Waals surface area (Å²) in [6.07, 6.45) is 0. The Morgan fingerprint density at radius 2 is 1.84 bits per heavy atom. The molecule has 0 spiro atoms. The van der Waals surface area contributed by atoms with E-state index in [0.717, 1.165) is 23.5 Å². The van der Waals surface area contributed by atoms with E-state index in [1.165, 1.54) is 0 Å². The number of halogens is 1. The van der Waals surface area contributed by atoms with Crippen molar-refractivity contribution in [1.82, 2.24) is 9.97 Å². The van der Waals surface area contributed by atoms with Gasteiger partial charge in [0.2, 0.25) is 5.95 Å². The lowest BCUT2D eigenvalue weighted by Gasteiger charge is -2.13. The van der Waals surface area contributed by atoms with Crippen LogP contribution in [-0.2, 0) is 0 Å². The highest BCUT2D eigenvalue weighted by Crippen LogP contribution is 2.31. The van der Waals surface area contributed by atoms with Crippen LogP contribution in [0, 0.1) is 0 Å². The highest BCUT2D eigenvalue weighted by molar-refractivity contribution is 6.31. The molecule has 0 saturated carbocycles. The van der Waals surface area contributed by atoms with E-state index in [-0.39, 0.29) is 0 Å². The number of methoxy groups -OCH3 is 1. The summed E-state index contributed by atoms with van der Waals surface area (Å²) >= 11 is 6.11. The van der Waals surface area contributed by atoms with E-state index < -0.39 is 0 Å². The summed E-state index contributed by atoms with van der Waals surface area (Å²) in [6.45, 7) is 2.74. The van der Waals surface area contributed by atoms with Gasteiger partial charge in [-0.2, -0.15) is 4.98 Å². The van der Waals surface area contributed by atoms with E-state index in [2.05, 4.69) is 20.6 Å². The molecule has 3 aromatic rings. The van der Waals surface area contributed by atoms with Gasteiger partial charge >= 0.3 is 0 Å². The Morgan fingerprint density at radius 3 is 2.56 bits per heavy atom. The van der Waals surface area contributed by atoms with Gasteiger partial charge in [-0.05, 0) is 25.1 Å². The average Bonchev–Trinajstić information content (AvgIpc) is 2.63. The molecule has 1 heterocycles. The molecule has 0 atom stereocenters. The van der Waals surface area contributed by atoms with Crippen molar-refractivity contribution in [2.45, 2.75) is 6.92 Å². The average molecular weight is 355 g/mol. The largest absolute Gasteiger partial charge is 0.495 e. The second kappa shape index (κ2) is 7.85. The monoisotopic (exact) mass is 354 g/mol. The van der Waals surface area contributed by atoms with E-state index >= 15 is 0 Å². The zero-order chi connectivity index (χ0) is 17.6. The van der Waals surface area contributed by atoms with Crippen LogP contribution >= 0.6 is 11.6 Å². The minimum atomic E-state index is 0.562. The number of anilines is 3. The molecule has 1 aromatic heterocycles. The zero-order valence-corrected chi connectivity index (χ0v) is 14.8. The molecule has 0 unspecified atom stereocenters. The first-order valence-corrected chi connectivity index (χ1v) is 8.36. The standard InChI is InChI=1S/C19H19ClN4O/c1-3-21-19-23-15(13-7-5-4-6-8-13)12-18(24-19)22-16-11-14(20)9-10-17(16)25-2/h4-12H,3H2,1-2H3,(H2,21,22,23,24).